The molecule has 35 heavy (non-hydrogen) atoms. The fourth-order valence-electron chi connectivity index (χ4n) is 4.70. The van der Waals surface area contributed by atoms with E-state index in [1.54, 1.807) is 30.3 Å². The van der Waals surface area contributed by atoms with Gasteiger partial charge in [0.15, 0.2) is 5.78 Å². The van der Waals surface area contributed by atoms with Crippen LogP contribution in [0.1, 0.15) is 45.5 Å². The first-order valence-corrected chi connectivity index (χ1v) is 12.8. The van der Waals surface area contributed by atoms with Gasteiger partial charge in [-0.05, 0) is 43.7 Å². The van der Waals surface area contributed by atoms with E-state index in [1.165, 1.54) is 12.1 Å². The molecule has 182 valence electrons. The number of aryl methyl sites for hydroxylation is 1. The van der Waals surface area contributed by atoms with Gasteiger partial charge in [-0.2, -0.15) is 8.42 Å². The van der Waals surface area contributed by atoms with Gasteiger partial charge in [0, 0.05) is 31.1 Å². The number of imide groups is 1. The van der Waals surface area contributed by atoms with Crippen LogP contribution in [0.3, 0.4) is 0 Å². The number of hydrogen-bond acceptors (Lipinski definition) is 8. The van der Waals surface area contributed by atoms with Crippen LogP contribution in [-0.4, -0.2) is 62.4 Å². The first kappa shape index (κ1) is 23.4. The van der Waals surface area contributed by atoms with Crippen LogP contribution in [0, 0.1) is 12.8 Å². The van der Waals surface area contributed by atoms with Crippen molar-refractivity contribution in [3.8, 4) is 0 Å². The number of Topliss-reactive ketones (excluding diaryl/α,β-unsaturated/α-hetero) is 2. The van der Waals surface area contributed by atoms with Crippen LogP contribution < -0.4 is 4.90 Å². The highest BCUT2D eigenvalue weighted by Gasteiger charge is 2.44. The average molecular weight is 497 g/mol. The number of nitrogens with zero attached hydrogens (tertiary/aromatic N) is 2. The molecule has 2 aromatic rings. The monoisotopic (exact) mass is 496 g/mol. The molecule has 1 saturated carbocycles. The number of benzene rings is 2. The van der Waals surface area contributed by atoms with Crippen LogP contribution in [0.2, 0.25) is 0 Å². The Balaban J connectivity index is 1.22. The lowest BCUT2D eigenvalue weighted by atomic mass is 9.92. The van der Waals surface area contributed by atoms with Crippen LogP contribution in [0.5, 0.6) is 0 Å². The molecule has 2 aliphatic heterocycles. The van der Waals surface area contributed by atoms with Gasteiger partial charge in [-0.1, -0.05) is 17.7 Å². The number of ketones is 2. The largest absolute Gasteiger partial charge is 0.371 e. The van der Waals surface area contributed by atoms with Gasteiger partial charge >= 0.3 is 0 Å². The van der Waals surface area contributed by atoms with E-state index in [4.69, 9.17) is 4.18 Å². The summed E-state index contributed by atoms with van der Waals surface area (Å²) in [5.41, 5.74) is 2.16. The Morgan fingerprint density at radius 3 is 2.31 bits per heavy atom. The fraction of sp³-hybridized carbons (Fsp3) is 0.360. The third-order valence-electron chi connectivity index (χ3n) is 6.74. The minimum atomic E-state index is -3.83. The lowest BCUT2D eigenvalue weighted by Gasteiger charge is -2.40. The number of carbonyl (C=O) groups is 4. The summed E-state index contributed by atoms with van der Waals surface area (Å²) in [7, 11) is -3.83. The third-order valence-corrected chi connectivity index (χ3v) is 8.04. The van der Waals surface area contributed by atoms with E-state index in [9.17, 15) is 27.6 Å². The number of carbonyl (C=O) groups excluding carboxylic acids is 4. The van der Waals surface area contributed by atoms with Crippen LogP contribution in [-0.2, 0) is 23.9 Å². The first-order valence-electron chi connectivity index (χ1n) is 11.4. The number of amides is 2. The predicted octanol–water partition coefficient (Wildman–Crippen LogP) is 2.12. The van der Waals surface area contributed by atoms with Crippen molar-refractivity contribution >= 4 is 39.2 Å². The molecular weight excluding hydrogens is 472 g/mol. The highest BCUT2D eigenvalue weighted by molar-refractivity contribution is 7.86. The van der Waals surface area contributed by atoms with E-state index in [0.717, 1.165) is 16.2 Å². The Morgan fingerprint density at radius 2 is 1.63 bits per heavy atom. The molecule has 0 bridgehead atoms. The summed E-state index contributed by atoms with van der Waals surface area (Å²) in [6, 6.07) is 10.5. The molecular formula is C25H24N2O7S. The zero-order valence-electron chi connectivity index (χ0n) is 19.1. The van der Waals surface area contributed by atoms with Crippen molar-refractivity contribution in [1.82, 2.24) is 4.90 Å². The Bertz CT molecular complexity index is 1340. The van der Waals surface area contributed by atoms with Crippen molar-refractivity contribution in [3.63, 3.8) is 0 Å². The zero-order valence-corrected chi connectivity index (χ0v) is 19.9. The molecule has 0 aromatic heterocycles. The maximum absolute atomic E-state index is 13.0. The Hall–Kier alpha value is -3.37. The highest BCUT2D eigenvalue weighted by atomic mass is 32.2. The number of hydrogen-bond donors (Lipinski definition) is 0. The molecule has 2 aromatic carbocycles. The first-order chi connectivity index (χ1) is 16.6. The second-order valence-electron chi connectivity index (χ2n) is 9.27. The molecule has 2 amide bonds. The summed E-state index contributed by atoms with van der Waals surface area (Å²) in [6.45, 7) is 3.00. The maximum atomic E-state index is 13.0. The second kappa shape index (κ2) is 8.69. The van der Waals surface area contributed by atoms with Crippen LogP contribution in [0.4, 0.5) is 5.69 Å². The van der Waals surface area contributed by atoms with Crippen molar-refractivity contribution in [2.24, 2.45) is 5.92 Å². The minimum absolute atomic E-state index is 0.00490. The quantitative estimate of drug-likeness (QED) is 0.339. The van der Waals surface area contributed by atoms with E-state index in [-0.39, 0.29) is 53.6 Å². The molecule has 3 aliphatic rings. The number of anilines is 1. The van der Waals surface area contributed by atoms with E-state index in [0.29, 0.717) is 13.1 Å². The van der Waals surface area contributed by atoms with E-state index in [2.05, 4.69) is 0 Å². The zero-order chi connectivity index (χ0) is 24.9. The molecule has 9 nitrogen and oxygen atoms in total. The van der Waals surface area contributed by atoms with Gasteiger partial charge in [0.2, 0.25) is 0 Å². The summed E-state index contributed by atoms with van der Waals surface area (Å²) >= 11 is 0. The lowest BCUT2D eigenvalue weighted by Crippen LogP contribution is -2.49. The van der Waals surface area contributed by atoms with Crippen molar-refractivity contribution in [1.29, 1.82) is 0 Å². The topological polar surface area (TPSA) is 118 Å². The standard InChI is InChI=1S/C25H24N2O7S/c1-15-2-6-19(7-3-15)35(32,33)34-14-16-12-26(13-16)17-4-8-20-21(10-17)25(31)27(24(20)30)22-9-5-18(28)11-23(22)29/h2-4,6-8,10,16,22H,5,9,11-14H2,1H3. The van der Waals surface area contributed by atoms with E-state index >= 15 is 0 Å². The molecule has 2 heterocycles. The fourth-order valence-corrected chi connectivity index (χ4v) is 5.68. The van der Waals surface area contributed by atoms with Gasteiger partial charge in [-0.3, -0.25) is 28.3 Å². The average Bonchev–Trinajstić information content (AvgIpc) is 3.03. The molecule has 5 rings (SSSR count). The smallest absolute Gasteiger partial charge is 0.296 e. The molecule has 0 N–H and O–H groups in total. The molecule has 1 unspecified atom stereocenters. The number of fused-ring (bicyclic) bond motifs is 1. The van der Waals surface area contributed by atoms with Crippen LogP contribution >= 0.6 is 0 Å². The van der Waals surface area contributed by atoms with Crippen LogP contribution in [0.25, 0.3) is 0 Å². The highest BCUT2D eigenvalue weighted by Crippen LogP contribution is 2.33. The second-order valence-corrected chi connectivity index (χ2v) is 10.9. The van der Waals surface area contributed by atoms with Crippen molar-refractivity contribution in [2.75, 3.05) is 24.6 Å². The molecule has 1 saturated heterocycles. The Labute approximate surface area is 202 Å². The molecule has 0 spiro atoms. The molecule has 0 radical (unpaired) electrons. The van der Waals surface area contributed by atoms with Gasteiger partial charge in [0.25, 0.3) is 21.9 Å². The van der Waals surface area contributed by atoms with Gasteiger partial charge < -0.3 is 4.90 Å². The SMILES string of the molecule is Cc1ccc(S(=O)(=O)OCC2CN(c3ccc4c(c3)C(=O)N(C3CCC(=O)CC3=O)C4=O)C2)cc1. The third kappa shape index (κ3) is 4.28. The lowest BCUT2D eigenvalue weighted by molar-refractivity contribution is -0.132. The van der Waals surface area contributed by atoms with Gasteiger partial charge in [0.05, 0.1) is 35.1 Å². The van der Waals surface area contributed by atoms with Gasteiger partial charge in [-0.25, -0.2) is 0 Å². The van der Waals surface area contributed by atoms with Gasteiger partial charge in [-0.15, -0.1) is 0 Å². The maximum Gasteiger partial charge on any atom is 0.296 e. The molecule has 1 atom stereocenters. The Morgan fingerprint density at radius 1 is 0.943 bits per heavy atom. The summed E-state index contributed by atoms with van der Waals surface area (Å²) in [6.07, 6.45) is 0.0847. The van der Waals surface area contributed by atoms with Crippen LogP contribution in [0.15, 0.2) is 47.4 Å². The normalized spacial score (nSPS) is 20.9. The van der Waals surface area contributed by atoms with Crippen molar-refractivity contribution in [3.05, 3.63) is 59.2 Å². The summed E-state index contributed by atoms with van der Waals surface area (Å²) in [5.74, 6) is -1.62. The minimum Gasteiger partial charge on any atom is -0.371 e. The van der Waals surface area contributed by atoms with Gasteiger partial charge in [0.1, 0.15) is 5.78 Å². The molecule has 2 fully saturated rings. The summed E-state index contributed by atoms with van der Waals surface area (Å²) in [5, 5.41) is 0. The number of rotatable bonds is 6. The summed E-state index contributed by atoms with van der Waals surface area (Å²) < 4.78 is 30.0. The van der Waals surface area contributed by atoms with Crippen molar-refractivity contribution in [2.45, 2.75) is 37.1 Å². The van der Waals surface area contributed by atoms with Crippen molar-refractivity contribution < 1.29 is 31.8 Å². The Kier molecular flexibility index (Phi) is 5.80. The summed E-state index contributed by atoms with van der Waals surface area (Å²) in [4.78, 5) is 52.8. The van der Waals surface area contributed by atoms with E-state index < -0.39 is 33.8 Å². The molecule has 1 aliphatic carbocycles. The molecule has 10 heteroatoms. The van der Waals surface area contributed by atoms with E-state index in [1.807, 2.05) is 11.8 Å². The predicted molar refractivity (Wildman–Crippen MR) is 125 cm³/mol.